The first-order valence-corrected chi connectivity index (χ1v) is 5.92. The third-order valence-corrected chi connectivity index (χ3v) is 3.08. The number of ether oxygens (including phenoxy) is 1. The van der Waals surface area contributed by atoms with Crippen LogP contribution in [-0.4, -0.2) is 49.6 Å². The summed E-state index contributed by atoms with van der Waals surface area (Å²) in [6.45, 7) is 1.27. The molecule has 0 spiro atoms. The van der Waals surface area contributed by atoms with Crippen LogP contribution in [0.5, 0.6) is 0 Å². The van der Waals surface area contributed by atoms with E-state index in [9.17, 15) is 9.59 Å². The van der Waals surface area contributed by atoms with Crippen LogP contribution in [0.1, 0.15) is 19.3 Å². The molecule has 6 nitrogen and oxygen atoms in total. The summed E-state index contributed by atoms with van der Waals surface area (Å²) in [6.07, 6.45) is 2.45. The molecule has 0 aromatic heterocycles. The normalized spacial score (nSPS) is 24.2. The summed E-state index contributed by atoms with van der Waals surface area (Å²) in [5.41, 5.74) is 2.36. The van der Waals surface area contributed by atoms with E-state index in [4.69, 9.17) is 9.57 Å². The first-order chi connectivity index (χ1) is 8.22. The van der Waals surface area contributed by atoms with Crippen molar-refractivity contribution in [3.63, 3.8) is 0 Å². The largest absolute Gasteiger partial charge is 0.382 e. The van der Waals surface area contributed by atoms with Gasteiger partial charge in [0.1, 0.15) is 0 Å². The van der Waals surface area contributed by atoms with Crippen LogP contribution in [0.3, 0.4) is 0 Å². The van der Waals surface area contributed by atoms with Gasteiger partial charge >= 0.3 is 0 Å². The molecular formula is C11H18N2O4. The molecule has 1 saturated heterocycles. The molecule has 1 heterocycles. The second-order valence-electron chi connectivity index (χ2n) is 4.49. The molecule has 1 unspecified atom stereocenters. The molecule has 2 aliphatic rings. The lowest BCUT2D eigenvalue weighted by Gasteiger charge is -2.15. The van der Waals surface area contributed by atoms with Crippen LogP contribution in [0.2, 0.25) is 0 Å². The predicted molar refractivity (Wildman–Crippen MR) is 58.8 cm³/mol. The quantitative estimate of drug-likeness (QED) is 0.512. The Morgan fingerprint density at radius 3 is 2.88 bits per heavy atom. The van der Waals surface area contributed by atoms with Gasteiger partial charge in [0.05, 0.1) is 19.1 Å². The van der Waals surface area contributed by atoms with E-state index in [1.807, 2.05) is 4.90 Å². The number of nitrogens with one attached hydrogen (secondary N) is 1. The molecule has 2 rings (SSSR count). The van der Waals surface area contributed by atoms with Crippen molar-refractivity contribution in [2.75, 3.05) is 26.9 Å². The highest BCUT2D eigenvalue weighted by atomic mass is 16.7. The molecule has 1 saturated carbocycles. The number of amides is 2. The minimum Gasteiger partial charge on any atom is -0.382 e. The SMILES string of the molecule is COCCONC(=O)C1CC(=O)N(C2CC2)C1. The summed E-state index contributed by atoms with van der Waals surface area (Å²) in [5.74, 6) is -0.396. The van der Waals surface area contributed by atoms with Crippen molar-refractivity contribution in [1.29, 1.82) is 0 Å². The lowest BCUT2D eigenvalue weighted by atomic mass is 10.1. The van der Waals surface area contributed by atoms with Crippen LogP contribution in [-0.2, 0) is 19.2 Å². The predicted octanol–water partition coefficient (Wildman–Crippen LogP) is -0.308. The van der Waals surface area contributed by atoms with Gasteiger partial charge in [0.2, 0.25) is 11.8 Å². The Hall–Kier alpha value is -1.14. The molecule has 2 amide bonds. The maximum atomic E-state index is 11.7. The van der Waals surface area contributed by atoms with E-state index in [1.165, 1.54) is 0 Å². The number of methoxy groups -OCH3 is 1. The molecule has 6 heteroatoms. The molecule has 1 aliphatic carbocycles. The van der Waals surface area contributed by atoms with Crippen molar-refractivity contribution >= 4 is 11.8 Å². The van der Waals surface area contributed by atoms with Gasteiger partial charge < -0.3 is 9.64 Å². The van der Waals surface area contributed by atoms with Crippen molar-refractivity contribution < 1.29 is 19.2 Å². The maximum Gasteiger partial charge on any atom is 0.248 e. The van der Waals surface area contributed by atoms with E-state index < -0.39 is 0 Å². The lowest BCUT2D eigenvalue weighted by molar-refractivity contribution is -0.138. The summed E-state index contributed by atoms with van der Waals surface area (Å²) in [7, 11) is 1.56. The van der Waals surface area contributed by atoms with Gasteiger partial charge in [-0.05, 0) is 12.8 Å². The molecular weight excluding hydrogens is 224 g/mol. The zero-order valence-electron chi connectivity index (χ0n) is 9.98. The van der Waals surface area contributed by atoms with Gasteiger partial charge in [0, 0.05) is 26.1 Å². The van der Waals surface area contributed by atoms with Crippen molar-refractivity contribution in [1.82, 2.24) is 10.4 Å². The Morgan fingerprint density at radius 2 is 2.24 bits per heavy atom. The average molecular weight is 242 g/mol. The third-order valence-electron chi connectivity index (χ3n) is 3.08. The summed E-state index contributed by atoms with van der Waals surface area (Å²) >= 11 is 0. The summed E-state index contributed by atoms with van der Waals surface area (Å²) in [6, 6.07) is 0.384. The molecule has 17 heavy (non-hydrogen) atoms. The molecule has 0 aromatic rings. The number of likely N-dealkylation sites (tertiary alicyclic amines) is 1. The van der Waals surface area contributed by atoms with Gasteiger partial charge in [-0.2, -0.15) is 0 Å². The van der Waals surface area contributed by atoms with Crippen LogP contribution < -0.4 is 5.48 Å². The lowest BCUT2D eigenvalue weighted by Crippen LogP contribution is -2.34. The minimum atomic E-state index is -0.273. The van der Waals surface area contributed by atoms with Crippen molar-refractivity contribution in [3.8, 4) is 0 Å². The standard InChI is InChI=1S/C11H18N2O4/c1-16-4-5-17-12-11(15)8-6-10(14)13(7-8)9-2-3-9/h8-9H,2-7H2,1H3,(H,12,15). The number of hydroxylamine groups is 1. The van der Waals surface area contributed by atoms with E-state index in [-0.39, 0.29) is 17.7 Å². The molecule has 2 fully saturated rings. The number of carbonyl (C=O) groups excluding carboxylic acids is 2. The first kappa shape index (κ1) is 12.3. The Kier molecular flexibility index (Phi) is 3.96. The fourth-order valence-electron chi connectivity index (χ4n) is 1.98. The van der Waals surface area contributed by atoms with Gasteiger partial charge in [-0.25, -0.2) is 5.48 Å². The second kappa shape index (κ2) is 5.46. The highest BCUT2D eigenvalue weighted by Crippen LogP contribution is 2.32. The summed E-state index contributed by atoms with van der Waals surface area (Å²) < 4.78 is 4.78. The van der Waals surface area contributed by atoms with Crippen molar-refractivity contribution in [2.45, 2.75) is 25.3 Å². The van der Waals surface area contributed by atoms with Crippen molar-refractivity contribution in [2.24, 2.45) is 5.92 Å². The van der Waals surface area contributed by atoms with Gasteiger partial charge in [0.25, 0.3) is 0 Å². The molecule has 1 aliphatic heterocycles. The Balaban J connectivity index is 1.71. The topological polar surface area (TPSA) is 67.9 Å². The van der Waals surface area contributed by atoms with Crippen molar-refractivity contribution in [3.05, 3.63) is 0 Å². The van der Waals surface area contributed by atoms with E-state index in [2.05, 4.69) is 5.48 Å². The van der Waals surface area contributed by atoms with E-state index in [1.54, 1.807) is 7.11 Å². The third kappa shape index (κ3) is 3.17. The Morgan fingerprint density at radius 1 is 1.47 bits per heavy atom. The molecule has 96 valence electrons. The van der Waals surface area contributed by atoms with Gasteiger partial charge in [0.15, 0.2) is 0 Å². The Bertz CT molecular complexity index is 304. The zero-order chi connectivity index (χ0) is 12.3. The minimum absolute atomic E-state index is 0.0875. The number of rotatable bonds is 6. The van der Waals surface area contributed by atoms with Crippen LogP contribution in [0.25, 0.3) is 0 Å². The highest BCUT2D eigenvalue weighted by Gasteiger charge is 2.41. The zero-order valence-corrected chi connectivity index (χ0v) is 9.98. The molecule has 0 radical (unpaired) electrons. The molecule has 1 N–H and O–H groups in total. The highest BCUT2D eigenvalue weighted by molar-refractivity contribution is 5.89. The molecule has 0 bridgehead atoms. The van der Waals surface area contributed by atoms with Crippen LogP contribution in [0.15, 0.2) is 0 Å². The van der Waals surface area contributed by atoms with Gasteiger partial charge in [-0.15, -0.1) is 0 Å². The van der Waals surface area contributed by atoms with E-state index >= 15 is 0 Å². The number of hydrogen-bond acceptors (Lipinski definition) is 4. The summed E-state index contributed by atoms with van der Waals surface area (Å²) in [4.78, 5) is 30.1. The van der Waals surface area contributed by atoms with E-state index in [0.717, 1.165) is 12.8 Å². The average Bonchev–Trinajstić information content (AvgIpc) is 3.08. The molecule has 0 aromatic carbocycles. The van der Waals surface area contributed by atoms with Gasteiger partial charge in [-0.3, -0.25) is 14.4 Å². The van der Waals surface area contributed by atoms with Crippen LogP contribution in [0, 0.1) is 5.92 Å². The van der Waals surface area contributed by atoms with Crippen LogP contribution in [0.4, 0.5) is 0 Å². The fraction of sp³-hybridized carbons (Fsp3) is 0.818. The first-order valence-electron chi connectivity index (χ1n) is 5.92. The summed E-state index contributed by atoms with van der Waals surface area (Å²) in [5, 5.41) is 0. The van der Waals surface area contributed by atoms with E-state index in [0.29, 0.717) is 32.2 Å². The smallest absolute Gasteiger partial charge is 0.248 e. The van der Waals surface area contributed by atoms with Gasteiger partial charge in [-0.1, -0.05) is 0 Å². The fourth-order valence-corrected chi connectivity index (χ4v) is 1.98. The maximum absolute atomic E-state index is 11.7. The second-order valence-corrected chi connectivity index (χ2v) is 4.49. The number of carbonyl (C=O) groups is 2. The Labute approximate surface area is 100 Å². The number of hydrogen-bond donors (Lipinski definition) is 1. The number of nitrogens with zero attached hydrogens (tertiary/aromatic N) is 1. The molecule has 1 atom stereocenters. The van der Waals surface area contributed by atoms with Crippen LogP contribution >= 0.6 is 0 Å². The monoisotopic (exact) mass is 242 g/mol.